The summed E-state index contributed by atoms with van der Waals surface area (Å²) in [6.07, 6.45) is 0. The highest BCUT2D eigenvalue weighted by molar-refractivity contribution is 8.01. The second kappa shape index (κ2) is 3.29. The first-order valence-electron chi connectivity index (χ1n) is 4.27. The van der Waals surface area contributed by atoms with Crippen molar-refractivity contribution in [3.63, 3.8) is 0 Å². The van der Waals surface area contributed by atoms with Crippen LogP contribution in [0.5, 0.6) is 0 Å². The number of imidazole rings is 1. The quantitative estimate of drug-likeness (QED) is 0.407. The van der Waals surface area contributed by atoms with Crippen LogP contribution >= 0.6 is 12.2 Å². The minimum atomic E-state index is 0.506. The average Bonchev–Trinajstić information content (AvgIpc) is 2.41. The molecule has 0 aliphatic rings. The van der Waals surface area contributed by atoms with Gasteiger partial charge in [-0.25, -0.2) is 9.13 Å². The number of hydrogen-bond acceptors (Lipinski definition) is 2. The van der Waals surface area contributed by atoms with Crippen molar-refractivity contribution in [2.75, 3.05) is 0 Å². The van der Waals surface area contributed by atoms with Gasteiger partial charge in [-0.3, -0.25) is 0 Å². The predicted molar refractivity (Wildman–Crippen MR) is 63.2 cm³/mol. The summed E-state index contributed by atoms with van der Waals surface area (Å²) in [5, 5.41) is 0. The van der Waals surface area contributed by atoms with Crippen molar-refractivity contribution in [2.45, 2.75) is 0 Å². The molecular formula is C10H10N2S2. The Kier molecular flexibility index (Phi) is 2.25. The highest BCUT2D eigenvalue weighted by Crippen LogP contribution is 2.12. The average molecular weight is 222 g/mol. The lowest BCUT2D eigenvalue weighted by Crippen LogP contribution is -2.34. The number of aryl methyl sites for hydroxylation is 2. The van der Waals surface area contributed by atoms with Crippen LogP contribution in [-0.4, -0.2) is 8.76 Å². The molecule has 0 bridgehead atoms. The zero-order valence-corrected chi connectivity index (χ0v) is 9.65. The fourth-order valence-electron chi connectivity index (χ4n) is 1.76. The maximum Gasteiger partial charge on any atom is 0.269 e. The lowest BCUT2D eigenvalue weighted by atomic mass is 10.3. The summed E-state index contributed by atoms with van der Waals surface area (Å²) in [6.45, 7) is 0. The van der Waals surface area contributed by atoms with E-state index in [9.17, 15) is 0 Å². The van der Waals surface area contributed by atoms with Crippen molar-refractivity contribution >= 4 is 40.1 Å². The fourth-order valence-corrected chi connectivity index (χ4v) is 2.31. The Morgan fingerprint density at radius 3 is 2.64 bits per heavy atom. The van der Waals surface area contributed by atoms with E-state index in [1.807, 2.05) is 35.4 Å². The molecule has 2 aromatic rings. The Balaban J connectivity index is 2.92. The van der Waals surface area contributed by atoms with Gasteiger partial charge < -0.3 is 24.8 Å². The molecule has 0 radical (unpaired) electrons. The molecule has 0 unspecified atom stereocenters. The molecule has 0 amide bonds. The van der Waals surface area contributed by atoms with Gasteiger partial charge in [0, 0.05) is 0 Å². The van der Waals surface area contributed by atoms with Crippen LogP contribution in [0.15, 0.2) is 24.3 Å². The topological polar surface area (TPSA) is 8.81 Å². The van der Waals surface area contributed by atoms with Crippen molar-refractivity contribution < 1.29 is 4.57 Å². The molecule has 0 aliphatic carbocycles. The van der Waals surface area contributed by atoms with Gasteiger partial charge in [0.2, 0.25) is 0 Å². The third-order valence-corrected chi connectivity index (χ3v) is 2.79. The molecule has 1 aromatic carbocycles. The van der Waals surface area contributed by atoms with Crippen LogP contribution < -0.4 is 4.57 Å². The van der Waals surface area contributed by atoms with E-state index in [1.54, 1.807) is 0 Å². The summed E-state index contributed by atoms with van der Waals surface area (Å²) < 4.78 is 4.57. The molecule has 0 atom stereocenters. The van der Waals surface area contributed by atoms with Crippen LogP contribution in [0.4, 0.5) is 0 Å². The first kappa shape index (κ1) is 9.55. The number of aromatic nitrogens is 2. The van der Waals surface area contributed by atoms with Crippen molar-refractivity contribution in [1.29, 1.82) is 0 Å². The molecule has 2 rings (SSSR count). The third-order valence-electron chi connectivity index (χ3n) is 2.42. The van der Waals surface area contributed by atoms with Crippen molar-refractivity contribution in [1.82, 2.24) is 4.57 Å². The van der Waals surface area contributed by atoms with Crippen molar-refractivity contribution in [2.24, 2.45) is 14.1 Å². The van der Waals surface area contributed by atoms with E-state index in [1.165, 1.54) is 0 Å². The number of nitrogens with zero attached hydrogens (tertiary/aromatic N) is 2. The number of hydrogen-bond donors (Lipinski definition) is 0. The lowest BCUT2D eigenvalue weighted by molar-refractivity contribution is -0.646. The largest absolute Gasteiger partial charge is 0.421 e. The molecule has 0 spiro atoms. The minimum Gasteiger partial charge on any atom is -0.421 e. The zero-order valence-electron chi connectivity index (χ0n) is 8.02. The fraction of sp³-hybridized carbons (Fsp3) is 0.200. The number of fused-ring (bicyclic) bond motifs is 1. The smallest absolute Gasteiger partial charge is 0.269 e. The summed E-state index contributed by atoms with van der Waals surface area (Å²) in [6, 6.07) is 8.15. The molecule has 0 N–H and O–H groups in total. The molecular weight excluding hydrogens is 212 g/mol. The SMILES string of the molecule is Cn1c(C(=S)[S-])[n+](C)c2ccccc21. The van der Waals surface area contributed by atoms with Crippen LogP contribution in [-0.2, 0) is 26.7 Å². The second-order valence-electron chi connectivity index (χ2n) is 3.22. The number of thiocarbonyl (C=S) groups is 1. The molecule has 72 valence electrons. The second-order valence-corrected chi connectivity index (χ2v) is 4.29. The van der Waals surface area contributed by atoms with Gasteiger partial charge in [-0.05, 0) is 16.3 Å². The summed E-state index contributed by atoms with van der Waals surface area (Å²) in [7, 11) is 3.96. The highest BCUT2D eigenvalue weighted by Gasteiger charge is 2.17. The third kappa shape index (κ3) is 1.22. The molecule has 0 fully saturated rings. The summed E-state index contributed by atoms with van der Waals surface area (Å²) in [5.41, 5.74) is 2.30. The Labute approximate surface area is 93.6 Å². The van der Waals surface area contributed by atoms with E-state index < -0.39 is 0 Å². The van der Waals surface area contributed by atoms with Gasteiger partial charge in [-0.2, -0.15) is 0 Å². The van der Waals surface area contributed by atoms with E-state index >= 15 is 0 Å². The minimum absolute atomic E-state index is 0.506. The Bertz CT molecular complexity index is 475. The van der Waals surface area contributed by atoms with Gasteiger partial charge in [0.15, 0.2) is 11.0 Å². The van der Waals surface area contributed by atoms with Crippen LogP contribution in [0, 0.1) is 0 Å². The first-order chi connectivity index (χ1) is 6.63. The molecule has 1 aromatic heterocycles. The normalized spacial score (nSPS) is 10.7. The predicted octanol–water partition coefficient (Wildman–Crippen LogP) is 1.23. The van der Waals surface area contributed by atoms with Crippen molar-refractivity contribution in [3.05, 3.63) is 30.1 Å². The van der Waals surface area contributed by atoms with Gasteiger partial charge in [-0.15, -0.1) is 0 Å². The molecule has 0 saturated heterocycles. The Morgan fingerprint density at radius 1 is 1.43 bits per heavy atom. The van der Waals surface area contributed by atoms with Crippen LogP contribution in [0.3, 0.4) is 0 Å². The molecule has 0 saturated carbocycles. The maximum atomic E-state index is 5.05. The van der Waals surface area contributed by atoms with Gasteiger partial charge in [-0.1, -0.05) is 12.1 Å². The van der Waals surface area contributed by atoms with Gasteiger partial charge in [0.05, 0.1) is 14.1 Å². The van der Waals surface area contributed by atoms with Crippen LogP contribution in [0.25, 0.3) is 11.0 Å². The van der Waals surface area contributed by atoms with Gasteiger partial charge in [0.1, 0.15) is 0 Å². The van der Waals surface area contributed by atoms with E-state index in [-0.39, 0.29) is 0 Å². The lowest BCUT2D eigenvalue weighted by Gasteiger charge is -2.00. The van der Waals surface area contributed by atoms with Crippen LogP contribution in [0.2, 0.25) is 0 Å². The van der Waals surface area contributed by atoms with E-state index in [0.29, 0.717) is 4.20 Å². The van der Waals surface area contributed by atoms with Gasteiger partial charge >= 0.3 is 0 Å². The number of benzene rings is 1. The molecule has 0 aliphatic heterocycles. The van der Waals surface area contributed by atoms with E-state index in [0.717, 1.165) is 16.9 Å². The standard InChI is InChI=1S/C10H10N2S2/c1-11-7-5-3-4-6-8(7)12(2)9(11)10(13)14/h3-6H,1-2H3. The molecule has 1 heterocycles. The van der Waals surface area contributed by atoms with E-state index in [4.69, 9.17) is 24.8 Å². The van der Waals surface area contributed by atoms with Crippen molar-refractivity contribution in [3.8, 4) is 0 Å². The summed E-state index contributed by atoms with van der Waals surface area (Å²) in [4.78, 5) is 0. The number of rotatable bonds is 1. The first-order valence-corrected chi connectivity index (χ1v) is 5.09. The maximum absolute atomic E-state index is 5.05. The Hall–Kier alpha value is -1.00. The molecule has 4 heteroatoms. The molecule has 2 nitrogen and oxygen atoms in total. The zero-order chi connectivity index (χ0) is 10.3. The van der Waals surface area contributed by atoms with Crippen LogP contribution in [0.1, 0.15) is 5.82 Å². The Morgan fingerprint density at radius 2 is 2.07 bits per heavy atom. The summed E-state index contributed by atoms with van der Waals surface area (Å²) >= 11 is 10.1. The summed E-state index contributed by atoms with van der Waals surface area (Å²) in [5.74, 6) is 0.913. The molecule has 14 heavy (non-hydrogen) atoms. The van der Waals surface area contributed by atoms with E-state index in [2.05, 4.69) is 12.1 Å². The highest BCUT2D eigenvalue weighted by atomic mass is 32.1. The van der Waals surface area contributed by atoms with Gasteiger partial charge in [0.25, 0.3) is 5.82 Å². The number of para-hydroxylation sites is 2. The monoisotopic (exact) mass is 222 g/mol.